The van der Waals surface area contributed by atoms with E-state index < -0.39 is 11.8 Å². The van der Waals surface area contributed by atoms with E-state index in [1.165, 1.54) is 26.5 Å². The van der Waals surface area contributed by atoms with E-state index in [1.807, 2.05) is 0 Å². The van der Waals surface area contributed by atoms with Crippen molar-refractivity contribution >= 4 is 18.0 Å². The van der Waals surface area contributed by atoms with Gasteiger partial charge in [-0.15, -0.1) is 0 Å². The molecule has 0 spiro atoms. The number of methoxy groups -OCH3 is 2. The van der Waals surface area contributed by atoms with Gasteiger partial charge in [0.05, 0.1) is 27.0 Å². The number of rotatable bonds is 7. The van der Waals surface area contributed by atoms with Crippen LogP contribution in [0.25, 0.3) is 0 Å². The van der Waals surface area contributed by atoms with Crippen molar-refractivity contribution < 1.29 is 28.5 Å². The molecule has 9 heteroatoms. The fourth-order valence-corrected chi connectivity index (χ4v) is 2.45. The summed E-state index contributed by atoms with van der Waals surface area (Å²) in [6.45, 7) is -0.0436. The first-order valence-electron chi connectivity index (χ1n) is 8.32. The Bertz CT molecular complexity index is 913. The molecular weight excluding hydrogens is 366 g/mol. The number of carbonyl (C=O) groups excluding carboxylic acids is 2. The molecule has 28 heavy (non-hydrogen) atoms. The van der Waals surface area contributed by atoms with Crippen molar-refractivity contribution in [2.45, 2.75) is 0 Å². The van der Waals surface area contributed by atoms with Gasteiger partial charge in [-0.1, -0.05) is 0 Å². The molecule has 3 rings (SSSR count). The van der Waals surface area contributed by atoms with Gasteiger partial charge in [0.25, 0.3) is 11.8 Å². The molecule has 0 radical (unpaired) electrons. The Morgan fingerprint density at radius 1 is 1.07 bits per heavy atom. The first-order chi connectivity index (χ1) is 13.6. The summed E-state index contributed by atoms with van der Waals surface area (Å²) in [7, 11) is 2.98. The highest BCUT2D eigenvalue weighted by Gasteiger charge is 2.13. The molecule has 1 aliphatic rings. The molecule has 0 aromatic heterocycles. The predicted octanol–water partition coefficient (Wildman–Crippen LogP) is 1.31. The average Bonchev–Trinajstić information content (AvgIpc) is 3.19. The summed E-state index contributed by atoms with van der Waals surface area (Å²) in [5.41, 5.74) is 3.42. The van der Waals surface area contributed by atoms with E-state index >= 15 is 0 Å². The van der Waals surface area contributed by atoms with Crippen molar-refractivity contribution in [1.82, 2.24) is 10.7 Å². The minimum Gasteiger partial charge on any atom is -0.493 e. The zero-order chi connectivity index (χ0) is 19.9. The van der Waals surface area contributed by atoms with Crippen LogP contribution in [0.15, 0.2) is 41.5 Å². The van der Waals surface area contributed by atoms with Gasteiger partial charge in [-0.25, -0.2) is 5.43 Å². The summed E-state index contributed by atoms with van der Waals surface area (Å²) < 4.78 is 20.8. The third kappa shape index (κ3) is 4.50. The van der Waals surface area contributed by atoms with Crippen molar-refractivity contribution in [1.29, 1.82) is 0 Å². The average molecular weight is 385 g/mol. The molecule has 0 bridgehead atoms. The molecule has 0 atom stereocenters. The van der Waals surface area contributed by atoms with Gasteiger partial charge in [0.1, 0.15) is 0 Å². The van der Waals surface area contributed by atoms with Crippen LogP contribution in [0, 0.1) is 0 Å². The zero-order valence-corrected chi connectivity index (χ0v) is 15.4. The highest BCUT2D eigenvalue weighted by atomic mass is 16.7. The number of hydrogen-bond acceptors (Lipinski definition) is 7. The van der Waals surface area contributed by atoms with E-state index in [0.717, 1.165) is 5.56 Å². The van der Waals surface area contributed by atoms with E-state index in [9.17, 15) is 9.59 Å². The Balaban J connectivity index is 1.49. The number of fused-ring (bicyclic) bond motifs is 1. The summed E-state index contributed by atoms with van der Waals surface area (Å²) in [6.07, 6.45) is 1.47. The van der Waals surface area contributed by atoms with Gasteiger partial charge in [-0.05, 0) is 42.0 Å². The van der Waals surface area contributed by atoms with Crippen molar-refractivity contribution in [3.8, 4) is 23.0 Å². The van der Waals surface area contributed by atoms with E-state index in [0.29, 0.717) is 28.6 Å². The monoisotopic (exact) mass is 385 g/mol. The lowest BCUT2D eigenvalue weighted by atomic mass is 10.2. The van der Waals surface area contributed by atoms with Gasteiger partial charge < -0.3 is 24.3 Å². The number of amides is 2. The molecule has 0 aliphatic carbocycles. The molecule has 1 heterocycles. The van der Waals surface area contributed by atoms with Crippen molar-refractivity contribution in [2.24, 2.45) is 5.10 Å². The van der Waals surface area contributed by atoms with Crippen LogP contribution in [-0.2, 0) is 4.79 Å². The number of benzene rings is 2. The quantitative estimate of drug-likeness (QED) is 0.550. The summed E-state index contributed by atoms with van der Waals surface area (Å²) in [5.74, 6) is 1.33. The summed E-state index contributed by atoms with van der Waals surface area (Å²) in [6, 6.07) is 10.0. The first kappa shape index (κ1) is 19.0. The number of nitrogens with zero attached hydrogens (tertiary/aromatic N) is 1. The highest BCUT2D eigenvalue weighted by molar-refractivity contribution is 5.97. The molecule has 9 nitrogen and oxygen atoms in total. The van der Waals surface area contributed by atoms with Crippen LogP contribution in [0.2, 0.25) is 0 Å². The minimum absolute atomic E-state index is 0.187. The summed E-state index contributed by atoms with van der Waals surface area (Å²) >= 11 is 0. The molecule has 0 saturated heterocycles. The predicted molar refractivity (Wildman–Crippen MR) is 100 cm³/mol. The van der Waals surface area contributed by atoms with Crippen molar-refractivity contribution in [2.75, 3.05) is 27.6 Å². The van der Waals surface area contributed by atoms with Crippen LogP contribution in [0.3, 0.4) is 0 Å². The molecular formula is C19H19N3O6. The van der Waals surface area contributed by atoms with Crippen LogP contribution in [0.5, 0.6) is 23.0 Å². The SMILES string of the molecule is COc1ccc(C(=O)NCC(=O)N/N=C\c2ccc3c(c2)OCO3)cc1OC. The molecule has 0 unspecified atom stereocenters. The van der Waals surface area contributed by atoms with E-state index in [-0.39, 0.29) is 13.3 Å². The lowest BCUT2D eigenvalue weighted by molar-refractivity contribution is -0.120. The minimum atomic E-state index is -0.467. The molecule has 2 N–H and O–H groups in total. The molecule has 2 aromatic rings. The number of hydrazone groups is 1. The maximum absolute atomic E-state index is 12.2. The van der Waals surface area contributed by atoms with Crippen LogP contribution in [-0.4, -0.2) is 45.6 Å². The molecule has 0 saturated carbocycles. The molecule has 0 fully saturated rings. The lowest BCUT2D eigenvalue weighted by Crippen LogP contribution is -2.34. The number of ether oxygens (including phenoxy) is 4. The Morgan fingerprint density at radius 3 is 2.64 bits per heavy atom. The van der Waals surface area contributed by atoms with E-state index in [1.54, 1.807) is 30.3 Å². The second-order valence-corrected chi connectivity index (χ2v) is 5.66. The Kier molecular flexibility index (Phi) is 5.95. The van der Waals surface area contributed by atoms with Gasteiger partial charge in [-0.3, -0.25) is 9.59 Å². The van der Waals surface area contributed by atoms with Gasteiger partial charge in [-0.2, -0.15) is 5.10 Å². The molecule has 146 valence electrons. The third-order valence-electron chi connectivity index (χ3n) is 3.85. The second kappa shape index (κ2) is 8.76. The van der Waals surface area contributed by atoms with Crippen molar-refractivity contribution in [3.05, 3.63) is 47.5 Å². The fourth-order valence-electron chi connectivity index (χ4n) is 2.45. The Morgan fingerprint density at radius 2 is 1.86 bits per heavy atom. The maximum Gasteiger partial charge on any atom is 0.259 e. The molecule has 2 aromatic carbocycles. The smallest absolute Gasteiger partial charge is 0.259 e. The van der Waals surface area contributed by atoms with Crippen LogP contribution < -0.4 is 29.7 Å². The summed E-state index contributed by atoms with van der Waals surface area (Å²) in [4.78, 5) is 24.0. The highest BCUT2D eigenvalue weighted by Crippen LogP contribution is 2.32. The van der Waals surface area contributed by atoms with Crippen LogP contribution in [0.4, 0.5) is 0 Å². The number of carbonyl (C=O) groups is 2. The largest absolute Gasteiger partial charge is 0.493 e. The van der Waals surface area contributed by atoms with Crippen molar-refractivity contribution in [3.63, 3.8) is 0 Å². The fraction of sp³-hybridized carbons (Fsp3) is 0.211. The van der Waals surface area contributed by atoms with Crippen LogP contribution >= 0.6 is 0 Å². The normalized spacial score (nSPS) is 11.9. The Labute approximate surface area is 161 Å². The standard InChI is InChI=1S/C19H19N3O6/c1-25-14-6-4-13(8-16(14)26-2)19(24)20-10-18(23)22-21-9-12-3-5-15-17(7-12)28-11-27-15/h3-9H,10-11H2,1-2H3,(H,20,24)(H,22,23)/b21-9-. The van der Waals surface area contributed by atoms with E-state index in [4.69, 9.17) is 18.9 Å². The zero-order valence-electron chi connectivity index (χ0n) is 15.4. The first-order valence-corrected chi connectivity index (χ1v) is 8.32. The molecule has 2 amide bonds. The van der Waals surface area contributed by atoms with Gasteiger partial charge in [0.2, 0.25) is 6.79 Å². The van der Waals surface area contributed by atoms with Gasteiger partial charge >= 0.3 is 0 Å². The van der Waals surface area contributed by atoms with Gasteiger partial charge in [0.15, 0.2) is 23.0 Å². The number of nitrogens with one attached hydrogen (secondary N) is 2. The topological polar surface area (TPSA) is 107 Å². The van der Waals surface area contributed by atoms with Crippen LogP contribution in [0.1, 0.15) is 15.9 Å². The third-order valence-corrected chi connectivity index (χ3v) is 3.85. The summed E-state index contributed by atoms with van der Waals surface area (Å²) in [5, 5.41) is 6.37. The lowest BCUT2D eigenvalue weighted by Gasteiger charge is -2.09. The second-order valence-electron chi connectivity index (χ2n) is 5.66. The Hall–Kier alpha value is -3.75. The van der Waals surface area contributed by atoms with E-state index in [2.05, 4.69) is 15.8 Å². The number of hydrogen-bond donors (Lipinski definition) is 2. The molecule has 1 aliphatic heterocycles. The van der Waals surface area contributed by atoms with Gasteiger partial charge in [0, 0.05) is 5.56 Å². The maximum atomic E-state index is 12.2.